The molecule has 6 heteroatoms. The molecule has 0 saturated heterocycles. The molecule has 0 heterocycles. The molecule has 0 bridgehead atoms. The lowest BCUT2D eigenvalue weighted by Gasteiger charge is -2.11. The quantitative estimate of drug-likeness (QED) is 0.389. The van der Waals surface area contributed by atoms with E-state index < -0.39 is 5.97 Å². The first-order chi connectivity index (χ1) is 14.9. The van der Waals surface area contributed by atoms with E-state index in [2.05, 4.69) is 10.6 Å². The van der Waals surface area contributed by atoms with E-state index in [0.717, 1.165) is 24.0 Å². The highest BCUT2D eigenvalue weighted by molar-refractivity contribution is 5.99. The normalized spacial score (nSPS) is 14.2. The highest BCUT2D eigenvalue weighted by atomic mass is 16.5. The van der Waals surface area contributed by atoms with Crippen LogP contribution in [-0.4, -0.2) is 17.8 Å². The number of hydrogen-bond acceptors (Lipinski definition) is 4. The predicted octanol–water partition coefficient (Wildman–Crippen LogP) is 4.62. The van der Waals surface area contributed by atoms with Gasteiger partial charge in [0.1, 0.15) is 5.75 Å². The highest BCUT2D eigenvalue weighted by Gasteiger charge is 2.17. The number of esters is 1. The molecule has 1 fully saturated rings. The third-order valence-electron chi connectivity index (χ3n) is 5.36. The number of amides is 2. The molecule has 0 atom stereocenters. The van der Waals surface area contributed by atoms with E-state index in [1.165, 1.54) is 25.8 Å². The first-order valence-corrected chi connectivity index (χ1v) is 10.6. The summed E-state index contributed by atoms with van der Waals surface area (Å²) < 4.78 is 5.02. The Balaban J connectivity index is 1.56. The van der Waals surface area contributed by atoms with Crippen LogP contribution in [-0.2, 0) is 16.1 Å². The van der Waals surface area contributed by atoms with Crippen LogP contribution < -0.4 is 15.4 Å². The summed E-state index contributed by atoms with van der Waals surface area (Å²) in [4.78, 5) is 35.9. The third-order valence-corrected chi connectivity index (χ3v) is 5.36. The van der Waals surface area contributed by atoms with Crippen molar-refractivity contribution in [2.24, 2.45) is 5.92 Å². The largest absolute Gasteiger partial charge is 0.427 e. The van der Waals surface area contributed by atoms with Gasteiger partial charge in [-0.2, -0.15) is 0 Å². The van der Waals surface area contributed by atoms with Crippen molar-refractivity contribution in [3.8, 4) is 5.75 Å². The third kappa shape index (κ3) is 6.81. The Morgan fingerprint density at radius 1 is 1.03 bits per heavy atom. The summed E-state index contributed by atoms with van der Waals surface area (Å²) in [6, 6.07) is 13.8. The molecule has 0 radical (unpaired) electrons. The summed E-state index contributed by atoms with van der Waals surface area (Å²) in [5, 5.41) is 5.75. The summed E-state index contributed by atoms with van der Waals surface area (Å²) in [7, 11) is 0. The summed E-state index contributed by atoms with van der Waals surface area (Å²) in [6.07, 6.45) is 6.49. The van der Waals surface area contributed by atoms with Gasteiger partial charge in [-0.3, -0.25) is 14.4 Å². The molecule has 2 aromatic carbocycles. The number of anilines is 1. The van der Waals surface area contributed by atoms with Gasteiger partial charge in [0.05, 0.1) is 0 Å². The number of carbonyl (C=O) groups excluding carboxylic acids is 3. The molecule has 2 aromatic rings. The van der Waals surface area contributed by atoms with Gasteiger partial charge >= 0.3 is 5.97 Å². The van der Waals surface area contributed by atoms with Crippen LogP contribution in [0.1, 0.15) is 55.5 Å². The lowest BCUT2D eigenvalue weighted by Crippen LogP contribution is -2.23. The van der Waals surface area contributed by atoms with Gasteiger partial charge in [0.15, 0.2) is 0 Å². The minimum absolute atomic E-state index is 0.132. The zero-order valence-electron chi connectivity index (χ0n) is 17.9. The van der Waals surface area contributed by atoms with Gasteiger partial charge in [0.2, 0.25) is 5.91 Å². The van der Waals surface area contributed by atoms with E-state index in [0.29, 0.717) is 29.5 Å². The van der Waals surface area contributed by atoms with Gasteiger partial charge in [0, 0.05) is 30.8 Å². The number of benzene rings is 2. The van der Waals surface area contributed by atoms with Gasteiger partial charge in [-0.15, -0.1) is 0 Å². The summed E-state index contributed by atoms with van der Waals surface area (Å²) in [5.74, 6) is -0.00593. The van der Waals surface area contributed by atoms with Gasteiger partial charge in [0.25, 0.3) is 5.91 Å². The molecule has 162 valence electrons. The first-order valence-electron chi connectivity index (χ1n) is 10.6. The number of ether oxygens (including phenoxy) is 1. The van der Waals surface area contributed by atoms with Crippen molar-refractivity contribution in [3.63, 3.8) is 0 Å². The van der Waals surface area contributed by atoms with Crippen molar-refractivity contribution in [1.82, 2.24) is 5.32 Å². The monoisotopic (exact) mass is 420 g/mol. The highest BCUT2D eigenvalue weighted by Crippen LogP contribution is 2.30. The van der Waals surface area contributed by atoms with Crippen LogP contribution in [0.15, 0.2) is 60.2 Å². The SMILES string of the molecule is CC(=O)Oc1cccc(C(=O)NCc2cccc(NC(=O)/C=C(\C)C3CCCC3)c2)c1. The second-order valence-electron chi connectivity index (χ2n) is 7.86. The fourth-order valence-electron chi connectivity index (χ4n) is 3.79. The molecule has 31 heavy (non-hydrogen) atoms. The minimum Gasteiger partial charge on any atom is -0.427 e. The van der Waals surface area contributed by atoms with Crippen LogP contribution in [0.4, 0.5) is 5.69 Å². The maximum Gasteiger partial charge on any atom is 0.308 e. The van der Waals surface area contributed by atoms with Crippen LogP contribution in [0, 0.1) is 5.92 Å². The second kappa shape index (κ2) is 10.6. The molecule has 2 N–H and O–H groups in total. The summed E-state index contributed by atoms with van der Waals surface area (Å²) in [5.41, 5.74) is 3.08. The van der Waals surface area contributed by atoms with Gasteiger partial charge in [-0.25, -0.2) is 0 Å². The van der Waals surface area contributed by atoms with E-state index in [1.54, 1.807) is 24.3 Å². The van der Waals surface area contributed by atoms with Crippen molar-refractivity contribution >= 4 is 23.5 Å². The number of carbonyl (C=O) groups is 3. The lowest BCUT2D eigenvalue weighted by molar-refractivity contribution is -0.131. The second-order valence-corrected chi connectivity index (χ2v) is 7.86. The number of rotatable bonds is 7. The average molecular weight is 421 g/mol. The standard InChI is InChI=1S/C25H28N2O4/c1-17(20-8-3-4-9-20)13-24(29)27-22-11-5-7-19(14-22)16-26-25(30)21-10-6-12-23(15-21)31-18(2)28/h5-7,10-15,20H,3-4,8-9,16H2,1-2H3,(H,26,30)(H,27,29)/b17-13+. The summed E-state index contributed by atoms with van der Waals surface area (Å²) >= 11 is 0. The lowest BCUT2D eigenvalue weighted by atomic mass is 9.99. The van der Waals surface area contributed by atoms with Crippen molar-refractivity contribution in [1.29, 1.82) is 0 Å². The van der Waals surface area contributed by atoms with Gasteiger partial charge < -0.3 is 15.4 Å². The van der Waals surface area contributed by atoms with Crippen LogP contribution in [0.25, 0.3) is 0 Å². The van der Waals surface area contributed by atoms with Crippen molar-refractivity contribution in [3.05, 3.63) is 71.3 Å². The fourth-order valence-corrected chi connectivity index (χ4v) is 3.79. The zero-order valence-corrected chi connectivity index (χ0v) is 17.9. The maximum absolute atomic E-state index is 12.4. The van der Waals surface area contributed by atoms with Gasteiger partial charge in [-0.05, 0) is 61.6 Å². The van der Waals surface area contributed by atoms with Crippen LogP contribution in [0.2, 0.25) is 0 Å². The van der Waals surface area contributed by atoms with Crippen LogP contribution >= 0.6 is 0 Å². The molecule has 1 saturated carbocycles. The Bertz CT molecular complexity index is 991. The fraction of sp³-hybridized carbons (Fsp3) is 0.320. The van der Waals surface area contributed by atoms with E-state index in [-0.39, 0.29) is 11.8 Å². The zero-order chi connectivity index (χ0) is 22.2. The number of hydrogen-bond donors (Lipinski definition) is 2. The van der Waals surface area contributed by atoms with E-state index in [4.69, 9.17) is 4.74 Å². The van der Waals surface area contributed by atoms with E-state index >= 15 is 0 Å². The van der Waals surface area contributed by atoms with Crippen molar-refractivity contribution in [2.45, 2.75) is 46.1 Å². The maximum atomic E-state index is 12.4. The molecular weight excluding hydrogens is 392 g/mol. The average Bonchev–Trinajstić information content (AvgIpc) is 3.27. The Morgan fingerprint density at radius 2 is 1.77 bits per heavy atom. The van der Waals surface area contributed by atoms with Crippen LogP contribution in [0.3, 0.4) is 0 Å². The van der Waals surface area contributed by atoms with Gasteiger partial charge in [-0.1, -0.05) is 36.6 Å². The Labute approximate surface area is 182 Å². The molecule has 1 aliphatic rings. The molecule has 0 aromatic heterocycles. The topological polar surface area (TPSA) is 84.5 Å². The van der Waals surface area contributed by atoms with Crippen molar-refractivity contribution in [2.75, 3.05) is 5.32 Å². The molecule has 2 amide bonds. The molecule has 6 nitrogen and oxygen atoms in total. The number of allylic oxidation sites excluding steroid dienone is 1. The molecule has 0 spiro atoms. The molecule has 1 aliphatic carbocycles. The first kappa shape index (κ1) is 22.3. The molecule has 0 aliphatic heterocycles. The Hall–Kier alpha value is -3.41. The number of nitrogens with one attached hydrogen (secondary N) is 2. The van der Waals surface area contributed by atoms with Crippen molar-refractivity contribution < 1.29 is 19.1 Å². The van der Waals surface area contributed by atoms with Crippen LogP contribution in [0.5, 0.6) is 5.75 Å². The minimum atomic E-state index is -0.440. The molecule has 0 unspecified atom stereocenters. The smallest absolute Gasteiger partial charge is 0.308 e. The Morgan fingerprint density at radius 3 is 2.52 bits per heavy atom. The molecule has 3 rings (SSSR count). The van der Waals surface area contributed by atoms with E-state index in [9.17, 15) is 14.4 Å². The Kier molecular flexibility index (Phi) is 7.60. The summed E-state index contributed by atoms with van der Waals surface area (Å²) in [6.45, 7) is 3.64. The predicted molar refractivity (Wildman–Crippen MR) is 120 cm³/mol. The van der Waals surface area contributed by atoms with E-state index in [1.807, 2.05) is 31.2 Å². The molecular formula is C25H28N2O4.